The molecule has 0 aromatic heterocycles. The molecular formula is C25H32N2O3. The van der Waals surface area contributed by atoms with E-state index < -0.39 is 0 Å². The van der Waals surface area contributed by atoms with Gasteiger partial charge in [-0.05, 0) is 67.5 Å². The van der Waals surface area contributed by atoms with Gasteiger partial charge in [0, 0.05) is 25.2 Å². The van der Waals surface area contributed by atoms with E-state index in [1.807, 2.05) is 25.1 Å². The number of benzene rings is 2. The Morgan fingerprint density at radius 2 is 1.77 bits per heavy atom. The molecular weight excluding hydrogens is 376 g/mol. The number of nitrogens with zero attached hydrogens (tertiary/aromatic N) is 1. The minimum absolute atomic E-state index is 0.00630. The average molecular weight is 409 g/mol. The number of carbonyl (C=O) groups is 1. The predicted octanol–water partition coefficient (Wildman–Crippen LogP) is 4.50. The number of carbonyl (C=O) groups excluding carboxylic acids is 1. The molecule has 1 fully saturated rings. The van der Waals surface area contributed by atoms with Crippen LogP contribution in [0.1, 0.15) is 50.3 Å². The lowest BCUT2D eigenvalue weighted by molar-refractivity contribution is -0.121. The van der Waals surface area contributed by atoms with Crippen molar-refractivity contribution in [3.63, 3.8) is 0 Å². The van der Waals surface area contributed by atoms with E-state index in [1.54, 1.807) is 0 Å². The number of amides is 1. The summed E-state index contributed by atoms with van der Waals surface area (Å²) in [5.41, 5.74) is 3.50. The van der Waals surface area contributed by atoms with E-state index in [0.29, 0.717) is 26.1 Å². The second-order valence-electron chi connectivity index (χ2n) is 8.53. The quantitative estimate of drug-likeness (QED) is 0.764. The lowest BCUT2D eigenvalue weighted by Gasteiger charge is -2.32. The smallest absolute Gasteiger partial charge is 0.220 e. The van der Waals surface area contributed by atoms with Crippen LogP contribution in [0, 0.1) is 5.92 Å². The fraction of sp³-hybridized carbons (Fsp3) is 0.480. The van der Waals surface area contributed by atoms with Gasteiger partial charge in [-0.2, -0.15) is 0 Å². The summed E-state index contributed by atoms with van der Waals surface area (Å²) in [6.45, 7) is 7.80. The van der Waals surface area contributed by atoms with Crippen LogP contribution in [0.25, 0.3) is 0 Å². The van der Waals surface area contributed by atoms with Gasteiger partial charge in [0.2, 0.25) is 5.91 Å². The molecule has 0 radical (unpaired) electrons. The van der Waals surface area contributed by atoms with Crippen molar-refractivity contribution >= 4 is 11.6 Å². The Labute approximate surface area is 179 Å². The van der Waals surface area contributed by atoms with Crippen LogP contribution in [0.15, 0.2) is 42.5 Å². The summed E-state index contributed by atoms with van der Waals surface area (Å²) in [5.74, 6) is 2.45. The molecule has 0 aliphatic carbocycles. The van der Waals surface area contributed by atoms with Crippen molar-refractivity contribution in [1.82, 2.24) is 5.32 Å². The summed E-state index contributed by atoms with van der Waals surface area (Å²) in [5, 5.41) is 3.13. The Kier molecular flexibility index (Phi) is 6.46. The second-order valence-corrected chi connectivity index (χ2v) is 8.53. The molecule has 1 atom stereocenters. The van der Waals surface area contributed by atoms with Crippen LogP contribution < -0.4 is 19.7 Å². The second kappa shape index (κ2) is 9.41. The van der Waals surface area contributed by atoms with Gasteiger partial charge in [0.1, 0.15) is 13.2 Å². The molecule has 0 spiro atoms. The van der Waals surface area contributed by atoms with Crippen molar-refractivity contribution in [3.05, 3.63) is 53.6 Å². The van der Waals surface area contributed by atoms with Gasteiger partial charge in [-0.25, -0.2) is 0 Å². The fourth-order valence-corrected chi connectivity index (χ4v) is 4.14. The summed E-state index contributed by atoms with van der Waals surface area (Å²) in [7, 11) is 0. The number of ether oxygens (including phenoxy) is 2. The Morgan fingerprint density at radius 1 is 1.07 bits per heavy atom. The molecule has 2 aliphatic rings. The topological polar surface area (TPSA) is 50.8 Å². The Morgan fingerprint density at radius 3 is 2.50 bits per heavy atom. The van der Waals surface area contributed by atoms with Crippen molar-refractivity contribution in [3.8, 4) is 11.5 Å². The molecule has 2 heterocycles. The van der Waals surface area contributed by atoms with E-state index in [9.17, 15) is 4.79 Å². The number of rotatable bonds is 6. The van der Waals surface area contributed by atoms with Gasteiger partial charge in [0.25, 0.3) is 0 Å². The zero-order valence-electron chi connectivity index (χ0n) is 18.0. The van der Waals surface area contributed by atoms with E-state index in [1.165, 1.54) is 18.5 Å². The largest absolute Gasteiger partial charge is 0.486 e. The molecule has 160 valence electrons. The number of fused-ring (bicyclic) bond motifs is 1. The first-order valence-corrected chi connectivity index (χ1v) is 11.1. The van der Waals surface area contributed by atoms with Gasteiger partial charge in [-0.15, -0.1) is 0 Å². The zero-order valence-corrected chi connectivity index (χ0v) is 18.0. The van der Waals surface area contributed by atoms with Crippen LogP contribution in [-0.4, -0.2) is 32.2 Å². The molecule has 30 heavy (non-hydrogen) atoms. The number of hydrogen-bond acceptors (Lipinski definition) is 4. The van der Waals surface area contributed by atoms with Gasteiger partial charge >= 0.3 is 0 Å². The molecule has 2 aliphatic heterocycles. The van der Waals surface area contributed by atoms with Gasteiger partial charge in [-0.1, -0.05) is 25.1 Å². The van der Waals surface area contributed by atoms with Gasteiger partial charge in [0.05, 0.1) is 6.04 Å². The molecule has 1 N–H and O–H groups in total. The Bertz CT molecular complexity index is 857. The first-order valence-electron chi connectivity index (χ1n) is 11.1. The van der Waals surface area contributed by atoms with Crippen LogP contribution in [0.4, 0.5) is 5.69 Å². The summed E-state index contributed by atoms with van der Waals surface area (Å²) in [4.78, 5) is 14.9. The van der Waals surface area contributed by atoms with E-state index >= 15 is 0 Å². The maximum absolute atomic E-state index is 12.5. The van der Waals surface area contributed by atoms with E-state index in [0.717, 1.165) is 41.6 Å². The molecule has 0 unspecified atom stereocenters. The van der Waals surface area contributed by atoms with E-state index in [-0.39, 0.29) is 11.9 Å². The van der Waals surface area contributed by atoms with Gasteiger partial charge < -0.3 is 19.7 Å². The van der Waals surface area contributed by atoms with Gasteiger partial charge in [0.15, 0.2) is 11.5 Å². The number of anilines is 1. The summed E-state index contributed by atoms with van der Waals surface area (Å²) < 4.78 is 11.2. The molecule has 5 nitrogen and oxygen atoms in total. The molecule has 2 aromatic rings. The highest BCUT2D eigenvalue weighted by atomic mass is 16.6. The van der Waals surface area contributed by atoms with Crippen molar-refractivity contribution in [2.75, 3.05) is 31.2 Å². The lowest BCUT2D eigenvalue weighted by Crippen LogP contribution is -2.32. The van der Waals surface area contributed by atoms with Crippen LogP contribution in [-0.2, 0) is 11.2 Å². The highest BCUT2D eigenvalue weighted by Gasteiger charge is 2.17. The number of piperidine rings is 1. The minimum atomic E-state index is -0.00630. The Hall–Kier alpha value is -2.69. The number of nitrogens with one attached hydrogen (secondary N) is 1. The van der Waals surface area contributed by atoms with Crippen molar-refractivity contribution in [1.29, 1.82) is 0 Å². The summed E-state index contributed by atoms with van der Waals surface area (Å²) >= 11 is 0. The predicted molar refractivity (Wildman–Crippen MR) is 119 cm³/mol. The van der Waals surface area contributed by atoms with Crippen molar-refractivity contribution < 1.29 is 14.3 Å². The monoisotopic (exact) mass is 408 g/mol. The maximum Gasteiger partial charge on any atom is 0.220 e. The van der Waals surface area contributed by atoms with Crippen LogP contribution >= 0.6 is 0 Å². The summed E-state index contributed by atoms with van der Waals surface area (Å²) in [6.07, 6.45) is 3.66. The van der Waals surface area contributed by atoms with E-state index in [2.05, 4.69) is 41.4 Å². The number of aryl methyl sites for hydroxylation is 1. The first kappa shape index (κ1) is 20.6. The highest BCUT2D eigenvalue weighted by molar-refractivity contribution is 5.76. The third-order valence-electron chi connectivity index (χ3n) is 6.17. The lowest BCUT2D eigenvalue weighted by atomic mass is 9.98. The van der Waals surface area contributed by atoms with Crippen LogP contribution in [0.3, 0.4) is 0 Å². The molecule has 0 bridgehead atoms. The minimum Gasteiger partial charge on any atom is -0.486 e. The normalized spacial score (nSPS) is 17.5. The number of hydrogen-bond donors (Lipinski definition) is 1. The van der Waals surface area contributed by atoms with Crippen molar-refractivity contribution in [2.45, 2.75) is 45.6 Å². The van der Waals surface area contributed by atoms with Gasteiger partial charge in [-0.3, -0.25) is 4.79 Å². The van der Waals surface area contributed by atoms with Crippen molar-refractivity contribution in [2.24, 2.45) is 5.92 Å². The standard InChI is InChI=1S/C25H32N2O3/c1-18-11-13-27(14-12-18)22-7-5-21(6-8-22)19(2)26-25(28)10-4-20-3-9-23-24(17-20)30-16-15-29-23/h3,5-9,17-19H,4,10-16H2,1-2H3,(H,26,28)/t19-/m1/s1. The maximum atomic E-state index is 12.5. The molecule has 1 amide bonds. The van der Waals surface area contributed by atoms with E-state index in [4.69, 9.17) is 9.47 Å². The van der Waals surface area contributed by atoms with Crippen LogP contribution in [0.2, 0.25) is 0 Å². The average Bonchev–Trinajstić information content (AvgIpc) is 2.78. The SMILES string of the molecule is CC1CCN(c2ccc([C@@H](C)NC(=O)CCc3ccc4c(c3)OCCO4)cc2)CC1. The molecule has 5 heteroatoms. The Balaban J connectivity index is 1.27. The third-order valence-corrected chi connectivity index (χ3v) is 6.17. The molecule has 1 saturated heterocycles. The zero-order chi connectivity index (χ0) is 20.9. The molecule has 4 rings (SSSR count). The fourth-order valence-electron chi connectivity index (χ4n) is 4.14. The molecule has 2 aromatic carbocycles. The summed E-state index contributed by atoms with van der Waals surface area (Å²) in [6, 6.07) is 14.5. The first-order chi connectivity index (χ1) is 14.6. The third kappa shape index (κ3) is 5.07. The molecule has 0 saturated carbocycles. The highest BCUT2D eigenvalue weighted by Crippen LogP contribution is 2.31. The van der Waals surface area contributed by atoms with Crippen LogP contribution in [0.5, 0.6) is 11.5 Å².